The summed E-state index contributed by atoms with van der Waals surface area (Å²) >= 11 is 0. The van der Waals surface area contributed by atoms with Crippen molar-refractivity contribution < 1.29 is 19.7 Å². The lowest BCUT2D eigenvalue weighted by atomic mass is 9.59. The van der Waals surface area contributed by atoms with Gasteiger partial charge in [0.15, 0.2) is 0 Å². The van der Waals surface area contributed by atoms with Gasteiger partial charge in [-0.15, -0.1) is 0 Å². The van der Waals surface area contributed by atoms with E-state index >= 15 is 0 Å². The third-order valence-electron chi connectivity index (χ3n) is 5.04. The lowest BCUT2D eigenvalue weighted by Gasteiger charge is -2.49. The van der Waals surface area contributed by atoms with E-state index in [0.29, 0.717) is 24.8 Å². The first-order valence-electron chi connectivity index (χ1n) is 7.13. The van der Waals surface area contributed by atoms with Gasteiger partial charge in [-0.05, 0) is 56.4 Å². The van der Waals surface area contributed by atoms with Crippen molar-refractivity contribution in [3.8, 4) is 0 Å². The number of carbonyl (C=O) groups excluding carboxylic acids is 1. The summed E-state index contributed by atoms with van der Waals surface area (Å²) in [7, 11) is 1.36. The number of hydrogen-bond acceptors (Lipinski definition) is 4. The summed E-state index contributed by atoms with van der Waals surface area (Å²) in [5.41, 5.74) is 0.570. The fourth-order valence-corrected chi connectivity index (χ4v) is 3.69. The number of rotatable bonds is 2. The van der Waals surface area contributed by atoms with Crippen molar-refractivity contribution in [2.24, 2.45) is 17.8 Å². The fraction of sp³-hybridized carbons (Fsp3) is 0.688. The summed E-state index contributed by atoms with van der Waals surface area (Å²) in [6.45, 7) is 7.60. The topological polar surface area (TPSA) is 66.8 Å². The lowest BCUT2D eigenvalue weighted by Crippen LogP contribution is -2.50. The van der Waals surface area contributed by atoms with Crippen LogP contribution in [0.1, 0.15) is 33.1 Å². The van der Waals surface area contributed by atoms with Crippen LogP contribution in [-0.2, 0) is 9.53 Å². The highest BCUT2D eigenvalue weighted by molar-refractivity contribution is 5.88. The summed E-state index contributed by atoms with van der Waals surface area (Å²) in [4.78, 5) is 11.7. The molecule has 4 heteroatoms. The number of hydrogen-bond donors (Lipinski definition) is 2. The minimum absolute atomic E-state index is 0.0184. The molecule has 4 nitrogen and oxygen atoms in total. The molecular formula is C16H24O4. The average molecular weight is 280 g/mol. The Morgan fingerprint density at radius 3 is 2.80 bits per heavy atom. The molecule has 5 atom stereocenters. The molecule has 20 heavy (non-hydrogen) atoms. The monoisotopic (exact) mass is 280 g/mol. The predicted molar refractivity (Wildman–Crippen MR) is 75.9 cm³/mol. The van der Waals surface area contributed by atoms with Crippen LogP contribution in [0, 0.1) is 17.8 Å². The van der Waals surface area contributed by atoms with Gasteiger partial charge in [-0.3, -0.25) is 0 Å². The van der Waals surface area contributed by atoms with Crippen LogP contribution in [0.2, 0.25) is 0 Å². The van der Waals surface area contributed by atoms with Gasteiger partial charge in [0.25, 0.3) is 0 Å². The van der Waals surface area contributed by atoms with Crippen molar-refractivity contribution in [2.75, 3.05) is 7.11 Å². The first kappa shape index (κ1) is 15.3. The van der Waals surface area contributed by atoms with Crippen LogP contribution >= 0.6 is 0 Å². The van der Waals surface area contributed by atoms with Crippen LogP contribution in [0.15, 0.2) is 23.8 Å². The zero-order valence-electron chi connectivity index (χ0n) is 12.4. The molecule has 0 unspecified atom stereocenters. The van der Waals surface area contributed by atoms with E-state index in [2.05, 4.69) is 6.58 Å². The fourth-order valence-electron chi connectivity index (χ4n) is 3.69. The van der Waals surface area contributed by atoms with Gasteiger partial charge in [0.05, 0.1) is 18.8 Å². The summed E-state index contributed by atoms with van der Waals surface area (Å²) in [5.74, 6) is -0.419. The second-order valence-corrected chi connectivity index (χ2v) is 6.37. The normalized spacial score (nSPS) is 40.5. The molecule has 2 aliphatic rings. The molecule has 0 saturated heterocycles. The molecule has 1 fully saturated rings. The number of methoxy groups -OCH3 is 1. The van der Waals surface area contributed by atoms with Crippen LogP contribution in [0.5, 0.6) is 0 Å². The molecule has 0 aromatic carbocycles. The maximum Gasteiger partial charge on any atom is 0.333 e. The molecule has 0 aliphatic heterocycles. The summed E-state index contributed by atoms with van der Waals surface area (Å²) in [6, 6.07) is 0. The minimum Gasteiger partial charge on any atom is -0.466 e. The van der Waals surface area contributed by atoms with E-state index in [1.807, 2.05) is 19.9 Å². The second kappa shape index (κ2) is 5.34. The Balaban J connectivity index is 2.33. The van der Waals surface area contributed by atoms with Gasteiger partial charge in [0.1, 0.15) is 0 Å². The number of aliphatic hydroxyl groups is 2. The van der Waals surface area contributed by atoms with Gasteiger partial charge in [-0.2, -0.15) is 0 Å². The zero-order valence-corrected chi connectivity index (χ0v) is 12.4. The summed E-state index contributed by atoms with van der Waals surface area (Å²) in [6.07, 6.45) is 3.35. The highest BCUT2D eigenvalue weighted by Crippen LogP contribution is 2.49. The third kappa shape index (κ3) is 2.54. The lowest BCUT2D eigenvalue weighted by molar-refractivity contribution is -0.138. The van der Waals surface area contributed by atoms with E-state index in [1.54, 1.807) is 0 Å². The van der Waals surface area contributed by atoms with E-state index < -0.39 is 11.7 Å². The molecule has 0 heterocycles. The summed E-state index contributed by atoms with van der Waals surface area (Å²) < 4.78 is 4.77. The number of fused-ring (bicyclic) bond motifs is 1. The highest BCUT2D eigenvalue weighted by Gasteiger charge is 2.48. The molecule has 0 radical (unpaired) electrons. The SMILES string of the molecule is C=C(C(=O)OC)[C@@H]1CC[C@](C)(O)[C@H]2C[C@H](O)C(C)=C[C@@H]12. The Bertz CT molecular complexity index is 449. The smallest absolute Gasteiger partial charge is 0.333 e. The van der Waals surface area contributed by atoms with Gasteiger partial charge in [-0.1, -0.05) is 12.7 Å². The molecule has 1 saturated carbocycles. The van der Waals surface area contributed by atoms with E-state index in [0.717, 1.165) is 5.57 Å². The number of esters is 1. The van der Waals surface area contributed by atoms with Crippen LogP contribution < -0.4 is 0 Å². The molecular weight excluding hydrogens is 256 g/mol. The largest absolute Gasteiger partial charge is 0.466 e. The molecule has 2 aliphatic carbocycles. The van der Waals surface area contributed by atoms with E-state index in [9.17, 15) is 15.0 Å². The van der Waals surface area contributed by atoms with Crippen molar-refractivity contribution in [3.63, 3.8) is 0 Å². The Kier molecular flexibility index (Phi) is 4.07. The Morgan fingerprint density at radius 1 is 1.55 bits per heavy atom. The van der Waals surface area contributed by atoms with Crippen molar-refractivity contribution in [1.29, 1.82) is 0 Å². The third-order valence-corrected chi connectivity index (χ3v) is 5.04. The van der Waals surface area contributed by atoms with Gasteiger partial charge < -0.3 is 14.9 Å². The molecule has 0 aromatic rings. The van der Waals surface area contributed by atoms with E-state index in [-0.39, 0.29) is 23.7 Å². The Labute approximate surface area is 120 Å². The Morgan fingerprint density at radius 2 is 2.20 bits per heavy atom. The van der Waals surface area contributed by atoms with E-state index in [1.165, 1.54) is 7.11 Å². The molecule has 0 aromatic heterocycles. The molecule has 2 rings (SSSR count). The van der Waals surface area contributed by atoms with Crippen molar-refractivity contribution in [1.82, 2.24) is 0 Å². The minimum atomic E-state index is -0.810. The molecule has 112 valence electrons. The first-order chi connectivity index (χ1) is 9.27. The molecule has 0 amide bonds. The standard InChI is InChI=1S/C16H24O4/c1-9-7-12-11(10(2)15(18)20-4)5-6-16(3,19)13(12)8-14(9)17/h7,11-14,17,19H,2,5-6,8H2,1,3-4H3/t11-,12-,13-,14-,16-/m0/s1. The van der Waals surface area contributed by atoms with Gasteiger partial charge >= 0.3 is 5.97 Å². The number of ether oxygens (including phenoxy) is 1. The maximum absolute atomic E-state index is 11.7. The quantitative estimate of drug-likeness (QED) is 0.460. The van der Waals surface area contributed by atoms with Crippen LogP contribution in [0.25, 0.3) is 0 Å². The van der Waals surface area contributed by atoms with Crippen LogP contribution in [0.4, 0.5) is 0 Å². The van der Waals surface area contributed by atoms with Gasteiger partial charge in [-0.25, -0.2) is 4.79 Å². The first-order valence-corrected chi connectivity index (χ1v) is 7.13. The highest BCUT2D eigenvalue weighted by atomic mass is 16.5. The van der Waals surface area contributed by atoms with Crippen molar-refractivity contribution >= 4 is 5.97 Å². The maximum atomic E-state index is 11.7. The van der Waals surface area contributed by atoms with Crippen LogP contribution in [0.3, 0.4) is 0 Å². The zero-order chi connectivity index (χ0) is 15.1. The average Bonchev–Trinajstić information content (AvgIpc) is 2.39. The molecule has 0 spiro atoms. The predicted octanol–water partition coefficient (Wildman–Crippen LogP) is 1.82. The van der Waals surface area contributed by atoms with Crippen molar-refractivity contribution in [2.45, 2.75) is 44.8 Å². The number of allylic oxidation sites excluding steroid dienone is 1. The second-order valence-electron chi connectivity index (χ2n) is 6.37. The van der Waals surface area contributed by atoms with Gasteiger partial charge in [0, 0.05) is 5.57 Å². The molecule has 2 N–H and O–H groups in total. The van der Waals surface area contributed by atoms with Crippen LogP contribution in [-0.4, -0.2) is 35.0 Å². The van der Waals surface area contributed by atoms with Gasteiger partial charge in [0.2, 0.25) is 0 Å². The number of aliphatic hydroxyl groups excluding tert-OH is 1. The Hall–Kier alpha value is -1.13. The summed E-state index contributed by atoms with van der Waals surface area (Å²) in [5, 5.41) is 20.6. The van der Waals surface area contributed by atoms with Crippen molar-refractivity contribution in [3.05, 3.63) is 23.8 Å². The number of carbonyl (C=O) groups is 1. The van der Waals surface area contributed by atoms with E-state index in [4.69, 9.17) is 4.74 Å². The molecule has 0 bridgehead atoms.